The van der Waals surface area contributed by atoms with E-state index >= 15 is 0 Å². The highest BCUT2D eigenvalue weighted by Gasteiger charge is 2.30. The van der Waals surface area contributed by atoms with Crippen molar-refractivity contribution in [3.05, 3.63) is 0 Å². The number of alkyl halides is 2. The van der Waals surface area contributed by atoms with E-state index in [0.29, 0.717) is 24.6 Å². The van der Waals surface area contributed by atoms with Gasteiger partial charge in [0.2, 0.25) is 5.24 Å². The summed E-state index contributed by atoms with van der Waals surface area (Å²) >= 11 is 16.4. The van der Waals surface area contributed by atoms with Crippen molar-refractivity contribution in [2.24, 2.45) is 5.41 Å². The van der Waals surface area contributed by atoms with Crippen LogP contribution in [0.25, 0.3) is 0 Å². The van der Waals surface area contributed by atoms with Crippen LogP contribution in [0.5, 0.6) is 0 Å². The number of hydrogen-bond acceptors (Lipinski definition) is 1. The van der Waals surface area contributed by atoms with Crippen LogP contribution in [0.2, 0.25) is 0 Å². The van der Waals surface area contributed by atoms with Crippen molar-refractivity contribution in [3.63, 3.8) is 0 Å². The minimum absolute atomic E-state index is 0.348. The lowest BCUT2D eigenvalue weighted by Gasteiger charge is -2.22. The van der Waals surface area contributed by atoms with Crippen LogP contribution in [0.3, 0.4) is 0 Å². The molecule has 0 aromatic carbocycles. The Morgan fingerprint density at radius 2 is 1.64 bits per heavy atom. The van der Waals surface area contributed by atoms with Gasteiger partial charge in [-0.05, 0) is 24.4 Å². The topological polar surface area (TPSA) is 17.1 Å². The Labute approximate surface area is 82.0 Å². The minimum atomic E-state index is -0.537. The maximum absolute atomic E-state index is 10.9. The number of carbonyl (C=O) groups is 1. The highest BCUT2D eigenvalue weighted by atomic mass is 35.5. The van der Waals surface area contributed by atoms with Crippen molar-refractivity contribution >= 4 is 40.0 Å². The molecule has 4 heteroatoms. The monoisotopic (exact) mass is 216 g/mol. The summed E-state index contributed by atoms with van der Waals surface area (Å²) in [5.41, 5.74) is -0.537. The van der Waals surface area contributed by atoms with Gasteiger partial charge in [-0.3, -0.25) is 4.79 Å². The summed E-state index contributed by atoms with van der Waals surface area (Å²) in [5, 5.41) is -0.348. The normalized spacial score (nSPS) is 11.6. The van der Waals surface area contributed by atoms with E-state index in [1.807, 2.05) is 0 Å². The smallest absolute Gasteiger partial charge is 0.227 e. The lowest BCUT2D eigenvalue weighted by molar-refractivity contribution is -0.119. The van der Waals surface area contributed by atoms with Crippen LogP contribution in [0.15, 0.2) is 0 Å². The van der Waals surface area contributed by atoms with Gasteiger partial charge in [-0.15, -0.1) is 23.2 Å². The van der Waals surface area contributed by atoms with Crippen LogP contribution in [-0.2, 0) is 4.79 Å². The first kappa shape index (κ1) is 11.5. The van der Waals surface area contributed by atoms with E-state index in [2.05, 4.69) is 0 Å². The van der Waals surface area contributed by atoms with E-state index in [9.17, 15) is 4.79 Å². The first-order valence-corrected chi connectivity index (χ1v) is 4.83. The molecule has 0 N–H and O–H groups in total. The van der Waals surface area contributed by atoms with Crippen molar-refractivity contribution in [1.29, 1.82) is 0 Å². The van der Waals surface area contributed by atoms with Crippen molar-refractivity contribution in [2.75, 3.05) is 11.8 Å². The van der Waals surface area contributed by atoms with Gasteiger partial charge >= 0.3 is 0 Å². The average molecular weight is 218 g/mol. The maximum Gasteiger partial charge on any atom is 0.227 e. The van der Waals surface area contributed by atoms with E-state index in [0.717, 1.165) is 0 Å². The second-order valence-corrected chi connectivity index (χ2v) is 3.81. The molecule has 0 amide bonds. The first-order chi connectivity index (χ1) is 5.06. The zero-order valence-corrected chi connectivity index (χ0v) is 8.64. The maximum atomic E-state index is 10.9. The predicted octanol–water partition coefficient (Wildman–Crippen LogP) is 3.02. The molecule has 0 aliphatic carbocycles. The molecule has 11 heavy (non-hydrogen) atoms. The second kappa shape index (κ2) is 5.23. The van der Waals surface area contributed by atoms with Crippen molar-refractivity contribution in [2.45, 2.75) is 19.8 Å². The van der Waals surface area contributed by atoms with E-state index in [-0.39, 0.29) is 5.24 Å². The summed E-state index contributed by atoms with van der Waals surface area (Å²) in [6.07, 6.45) is 1.17. The van der Waals surface area contributed by atoms with Crippen LogP contribution in [0.1, 0.15) is 19.8 Å². The Bertz CT molecular complexity index is 130. The highest BCUT2D eigenvalue weighted by Crippen LogP contribution is 2.29. The summed E-state index contributed by atoms with van der Waals surface area (Å²) in [5.74, 6) is 0.873. The van der Waals surface area contributed by atoms with Crippen LogP contribution in [-0.4, -0.2) is 17.0 Å². The van der Waals surface area contributed by atoms with Crippen molar-refractivity contribution in [3.8, 4) is 0 Å². The fourth-order valence-corrected chi connectivity index (χ4v) is 1.76. The van der Waals surface area contributed by atoms with E-state index in [4.69, 9.17) is 34.8 Å². The molecule has 0 fully saturated rings. The molecule has 0 spiro atoms. The largest absolute Gasteiger partial charge is 0.281 e. The highest BCUT2D eigenvalue weighted by molar-refractivity contribution is 6.64. The van der Waals surface area contributed by atoms with Gasteiger partial charge in [0.15, 0.2) is 0 Å². The fraction of sp³-hybridized carbons (Fsp3) is 0.857. The molecule has 0 rings (SSSR count). The molecule has 0 atom stereocenters. The van der Waals surface area contributed by atoms with Crippen molar-refractivity contribution in [1.82, 2.24) is 0 Å². The third-order valence-corrected chi connectivity index (χ3v) is 2.60. The predicted molar refractivity (Wildman–Crippen MR) is 49.6 cm³/mol. The van der Waals surface area contributed by atoms with Crippen LogP contribution in [0, 0.1) is 5.41 Å². The summed E-state index contributed by atoms with van der Waals surface area (Å²) in [6.45, 7) is 1.78. The molecule has 66 valence electrons. The number of carbonyl (C=O) groups excluding carboxylic acids is 1. The summed E-state index contributed by atoms with van der Waals surface area (Å²) < 4.78 is 0. The first-order valence-electron chi connectivity index (χ1n) is 3.38. The molecule has 0 saturated heterocycles. The lowest BCUT2D eigenvalue weighted by atomic mass is 9.86. The van der Waals surface area contributed by atoms with Gasteiger partial charge in [-0.25, -0.2) is 0 Å². The Morgan fingerprint density at radius 1 is 1.27 bits per heavy atom. The van der Waals surface area contributed by atoms with Gasteiger partial charge in [-0.2, -0.15) is 0 Å². The van der Waals surface area contributed by atoms with Gasteiger partial charge in [-0.1, -0.05) is 6.92 Å². The zero-order valence-electron chi connectivity index (χ0n) is 6.37. The van der Waals surface area contributed by atoms with Crippen LogP contribution >= 0.6 is 34.8 Å². The third-order valence-electron chi connectivity index (χ3n) is 1.77. The van der Waals surface area contributed by atoms with Gasteiger partial charge < -0.3 is 0 Å². The molecule has 0 aromatic rings. The average Bonchev–Trinajstić information content (AvgIpc) is 1.88. The fourth-order valence-electron chi connectivity index (χ4n) is 0.739. The third kappa shape index (κ3) is 3.64. The Morgan fingerprint density at radius 3 is 1.82 bits per heavy atom. The van der Waals surface area contributed by atoms with Gasteiger partial charge in [0.05, 0.1) is 0 Å². The summed E-state index contributed by atoms with van der Waals surface area (Å²) in [7, 11) is 0. The van der Waals surface area contributed by atoms with Gasteiger partial charge in [0.25, 0.3) is 0 Å². The number of halogens is 3. The Balaban J connectivity index is 4.13. The number of hydrogen-bond donors (Lipinski definition) is 0. The van der Waals surface area contributed by atoms with Crippen molar-refractivity contribution < 1.29 is 4.79 Å². The standard InChI is InChI=1S/C7H11Cl3O/c1-7(2-4-8,3-5-9)6(10)11/h2-5H2,1H3. The molecule has 1 nitrogen and oxygen atoms in total. The Hall–Kier alpha value is 0.540. The molecule has 0 aromatic heterocycles. The lowest BCUT2D eigenvalue weighted by Crippen LogP contribution is -2.25. The summed E-state index contributed by atoms with van der Waals surface area (Å²) in [4.78, 5) is 10.9. The van der Waals surface area contributed by atoms with Gasteiger partial charge in [0.1, 0.15) is 0 Å². The molecule has 0 saturated carbocycles. The SMILES string of the molecule is CC(CCCl)(CCCl)C(=O)Cl. The van der Waals surface area contributed by atoms with E-state index in [1.54, 1.807) is 6.92 Å². The van der Waals surface area contributed by atoms with E-state index < -0.39 is 5.41 Å². The molecule has 0 unspecified atom stereocenters. The molecule has 0 aliphatic heterocycles. The molecular formula is C7H11Cl3O. The molecule has 0 radical (unpaired) electrons. The molecule has 0 aliphatic rings. The number of rotatable bonds is 5. The Kier molecular flexibility index (Phi) is 5.49. The molecule has 0 bridgehead atoms. The minimum Gasteiger partial charge on any atom is -0.281 e. The second-order valence-electron chi connectivity index (χ2n) is 2.71. The van der Waals surface area contributed by atoms with Crippen LogP contribution < -0.4 is 0 Å². The van der Waals surface area contributed by atoms with Crippen LogP contribution in [0.4, 0.5) is 0 Å². The molecule has 0 heterocycles. The quantitative estimate of drug-likeness (QED) is 0.511. The molecular weight excluding hydrogens is 206 g/mol. The summed E-state index contributed by atoms with van der Waals surface area (Å²) in [6, 6.07) is 0. The van der Waals surface area contributed by atoms with Gasteiger partial charge in [0, 0.05) is 17.2 Å². The zero-order chi connectivity index (χ0) is 8.91. The van der Waals surface area contributed by atoms with E-state index in [1.165, 1.54) is 0 Å².